The van der Waals surface area contributed by atoms with Crippen LogP contribution in [-0.4, -0.2) is 63.3 Å². The Kier molecular flexibility index (Phi) is 7.04. The van der Waals surface area contributed by atoms with Crippen molar-refractivity contribution in [3.8, 4) is 0 Å². The van der Waals surface area contributed by atoms with E-state index < -0.39 is 13.7 Å². The molecule has 0 fully saturated rings. The third-order valence-electron chi connectivity index (χ3n) is 3.12. The highest BCUT2D eigenvalue weighted by Crippen LogP contribution is 2.47. The van der Waals surface area contributed by atoms with Gasteiger partial charge in [-0.25, -0.2) is 0 Å². The molecule has 0 aromatic heterocycles. The molecule has 6 heteroatoms. The van der Waals surface area contributed by atoms with Crippen LogP contribution in [0.1, 0.15) is 20.3 Å². The van der Waals surface area contributed by atoms with Gasteiger partial charge in [0.25, 0.3) is 0 Å². The molecule has 2 atom stereocenters. The van der Waals surface area contributed by atoms with Crippen LogP contribution in [0.2, 0.25) is 0 Å². The zero-order chi connectivity index (χ0) is 14.6. The van der Waals surface area contributed by atoms with Crippen LogP contribution in [0, 0.1) is 5.92 Å². The molecule has 0 aliphatic heterocycles. The van der Waals surface area contributed by atoms with E-state index in [1.807, 2.05) is 21.1 Å². The molecule has 0 saturated heterocycles. The number of hydrogen-bond donors (Lipinski definition) is 1. The molecule has 0 saturated carbocycles. The second-order valence-corrected chi connectivity index (χ2v) is 8.36. The average Bonchev–Trinajstić information content (AvgIpc) is 2.23. The van der Waals surface area contributed by atoms with E-state index >= 15 is 0 Å². The van der Waals surface area contributed by atoms with Crippen LogP contribution in [0.25, 0.3) is 0 Å². The number of rotatable bonds is 8. The number of nitrogens with zero attached hydrogens (tertiary/aromatic N) is 1. The quantitative estimate of drug-likeness (QED) is 0.546. The summed E-state index contributed by atoms with van der Waals surface area (Å²) in [5.41, 5.74) is 0. The van der Waals surface area contributed by atoms with Crippen molar-refractivity contribution in [2.45, 2.75) is 32.4 Å². The van der Waals surface area contributed by atoms with Gasteiger partial charge in [-0.1, -0.05) is 13.8 Å². The molecular weight excluding hydrogens is 253 g/mol. The number of hydrogen-bond acceptors (Lipinski definition) is 4. The van der Waals surface area contributed by atoms with Gasteiger partial charge in [0.1, 0.15) is 12.1 Å². The third-order valence-corrected chi connectivity index (χ3v) is 5.05. The predicted octanol–water partition coefficient (Wildman–Crippen LogP) is 1.95. The molecule has 0 radical (unpaired) electrons. The van der Waals surface area contributed by atoms with Crippen LogP contribution in [-0.2, 0) is 13.6 Å². The summed E-state index contributed by atoms with van der Waals surface area (Å²) in [5, 5.41) is 10.3. The van der Waals surface area contributed by atoms with Gasteiger partial charge in [0.2, 0.25) is 0 Å². The number of aliphatic hydroxyl groups excluding tert-OH is 1. The van der Waals surface area contributed by atoms with Crippen molar-refractivity contribution in [2.24, 2.45) is 5.92 Å². The molecule has 0 unspecified atom stereocenters. The van der Waals surface area contributed by atoms with Crippen LogP contribution in [0.4, 0.5) is 0 Å². The molecule has 1 N–H and O–H groups in total. The van der Waals surface area contributed by atoms with Crippen LogP contribution < -0.4 is 0 Å². The van der Waals surface area contributed by atoms with Crippen molar-refractivity contribution in [3.63, 3.8) is 0 Å². The summed E-state index contributed by atoms with van der Waals surface area (Å²) in [6.45, 7) is 4.23. The van der Waals surface area contributed by atoms with Crippen molar-refractivity contribution in [3.05, 3.63) is 0 Å². The second kappa shape index (κ2) is 7.01. The lowest BCUT2D eigenvalue weighted by Gasteiger charge is -2.38. The first-order valence-corrected chi connectivity index (χ1v) is 7.98. The zero-order valence-electron chi connectivity index (χ0n) is 12.7. The van der Waals surface area contributed by atoms with Crippen LogP contribution >= 0.6 is 7.60 Å². The van der Waals surface area contributed by atoms with Gasteiger partial charge >= 0.3 is 7.60 Å². The van der Waals surface area contributed by atoms with Gasteiger partial charge in [-0.15, -0.1) is 0 Å². The Labute approximate surface area is 111 Å². The molecule has 0 aliphatic carbocycles. The normalized spacial score (nSPS) is 16.9. The minimum Gasteiger partial charge on any atom is -0.386 e. The smallest absolute Gasteiger partial charge is 0.332 e. The van der Waals surface area contributed by atoms with Gasteiger partial charge in [0.05, 0.1) is 27.3 Å². The number of quaternary nitrogens is 1. The van der Waals surface area contributed by atoms with E-state index in [9.17, 15) is 9.67 Å². The highest BCUT2D eigenvalue weighted by molar-refractivity contribution is 7.53. The maximum atomic E-state index is 12.1. The molecule has 0 amide bonds. The standard InChI is InChI=1S/C12H29NO4P/c1-10(2)8-11(13(3,4)5)12(14)9-18(15,16-6)17-7/h10-12,14H,8-9H2,1-7H3/q+1/t11-,12-/m0/s1. The summed E-state index contributed by atoms with van der Waals surface area (Å²) in [6.07, 6.45) is 0.184. The Hall–Kier alpha value is 0.0700. The highest BCUT2D eigenvalue weighted by atomic mass is 31.2. The second-order valence-electron chi connectivity index (χ2n) is 6.04. The fourth-order valence-corrected chi connectivity index (χ4v) is 3.20. The monoisotopic (exact) mass is 282 g/mol. The van der Waals surface area contributed by atoms with Crippen molar-refractivity contribution in [1.82, 2.24) is 0 Å². The van der Waals surface area contributed by atoms with E-state index in [2.05, 4.69) is 13.8 Å². The average molecular weight is 282 g/mol. The minimum atomic E-state index is -3.16. The Morgan fingerprint density at radius 3 is 1.89 bits per heavy atom. The first kappa shape index (κ1) is 18.1. The summed E-state index contributed by atoms with van der Waals surface area (Å²) in [4.78, 5) is 0. The van der Waals surface area contributed by atoms with E-state index in [1.165, 1.54) is 14.2 Å². The van der Waals surface area contributed by atoms with E-state index in [0.717, 1.165) is 6.42 Å². The molecule has 0 spiro atoms. The molecule has 5 nitrogen and oxygen atoms in total. The molecular formula is C12H29NO4P+. The van der Waals surface area contributed by atoms with Gasteiger partial charge in [-0.2, -0.15) is 0 Å². The Morgan fingerprint density at radius 2 is 1.61 bits per heavy atom. The third kappa shape index (κ3) is 5.81. The maximum absolute atomic E-state index is 12.1. The summed E-state index contributed by atoms with van der Waals surface area (Å²) >= 11 is 0. The van der Waals surface area contributed by atoms with Crippen LogP contribution in [0.5, 0.6) is 0 Å². The van der Waals surface area contributed by atoms with Gasteiger partial charge in [0.15, 0.2) is 0 Å². The fraction of sp³-hybridized carbons (Fsp3) is 1.00. The van der Waals surface area contributed by atoms with Crippen molar-refractivity contribution in [1.29, 1.82) is 0 Å². The lowest BCUT2D eigenvalue weighted by molar-refractivity contribution is -0.900. The lowest BCUT2D eigenvalue weighted by atomic mass is 9.97. The number of likely N-dealkylation sites (N-methyl/N-ethyl adjacent to an activating group) is 1. The first-order valence-electron chi connectivity index (χ1n) is 6.25. The van der Waals surface area contributed by atoms with Gasteiger partial charge in [0, 0.05) is 20.6 Å². The van der Waals surface area contributed by atoms with E-state index in [0.29, 0.717) is 10.4 Å². The van der Waals surface area contributed by atoms with Crippen molar-refractivity contribution in [2.75, 3.05) is 41.5 Å². The predicted molar refractivity (Wildman–Crippen MR) is 73.8 cm³/mol. The summed E-state index contributed by atoms with van der Waals surface area (Å²) in [6, 6.07) is 0.00336. The number of aliphatic hydroxyl groups is 1. The summed E-state index contributed by atoms with van der Waals surface area (Å²) in [5.74, 6) is 0.464. The molecule has 0 aliphatic rings. The maximum Gasteiger partial charge on any atom is 0.332 e. The lowest BCUT2D eigenvalue weighted by Crippen LogP contribution is -2.53. The Balaban J connectivity index is 4.87. The molecule has 0 rings (SSSR count). The van der Waals surface area contributed by atoms with E-state index in [-0.39, 0.29) is 12.2 Å². The minimum absolute atomic E-state index is 0.00336. The van der Waals surface area contributed by atoms with Crippen LogP contribution in [0.15, 0.2) is 0 Å². The molecule has 0 aromatic carbocycles. The summed E-state index contributed by atoms with van der Waals surface area (Å²) in [7, 11) is 5.62. The molecule has 18 heavy (non-hydrogen) atoms. The van der Waals surface area contributed by atoms with E-state index in [4.69, 9.17) is 9.05 Å². The van der Waals surface area contributed by atoms with E-state index in [1.54, 1.807) is 0 Å². The van der Waals surface area contributed by atoms with Crippen molar-refractivity contribution >= 4 is 7.60 Å². The molecule has 0 heterocycles. The summed E-state index contributed by atoms with van der Waals surface area (Å²) < 4.78 is 22.5. The van der Waals surface area contributed by atoms with Crippen LogP contribution in [0.3, 0.4) is 0 Å². The zero-order valence-corrected chi connectivity index (χ0v) is 13.6. The topological polar surface area (TPSA) is 55.8 Å². The molecule has 0 aromatic rings. The molecule has 0 bridgehead atoms. The van der Waals surface area contributed by atoms with Gasteiger partial charge in [-0.05, 0) is 5.92 Å². The SMILES string of the molecule is COP(=O)(C[C@H](O)[C@H](CC(C)C)[N+](C)(C)C)OC. The Bertz CT molecular complexity index is 280. The van der Waals surface area contributed by atoms with Gasteiger partial charge < -0.3 is 18.6 Å². The first-order chi connectivity index (χ1) is 8.05. The largest absolute Gasteiger partial charge is 0.386 e. The fourth-order valence-electron chi connectivity index (χ4n) is 2.05. The van der Waals surface area contributed by atoms with Gasteiger partial charge in [-0.3, -0.25) is 4.57 Å². The Morgan fingerprint density at radius 1 is 1.17 bits per heavy atom. The highest BCUT2D eigenvalue weighted by Gasteiger charge is 2.37. The molecule has 110 valence electrons. The van der Waals surface area contributed by atoms with Crippen molar-refractivity contribution < 1.29 is 23.2 Å².